The SMILES string of the molecule is Nc1cc([N+](=O)[O-])cc(C(=O)O)c1CCO. The van der Waals surface area contributed by atoms with Crippen LogP contribution in [0.5, 0.6) is 0 Å². The maximum atomic E-state index is 10.9. The van der Waals surface area contributed by atoms with E-state index in [9.17, 15) is 14.9 Å². The van der Waals surface area contributed by atoms with Crippen molar-refractivity contribution >= 4 is 17.3 Å². The molecule has 7 nitrogen and oxygen atoms in total. The lowest BCUT2D eigenvalue weighted by Gasteiger charge is -2.07. The fourth-order valence-corrected chi connectivity index (χ4v) is 1.37. The molecule has 0 aromatic heterocycles. The van der Waals surface area contributed by atoms with Crippen LogP contribution < -0.4 is 5.73 Å². The Morgan fingerprint density at radius 3 is 2.56 bits per heavy atom. The predicted octanol–water partition coefficient (Wildman–Crippen LogP) is 0.410. The molecule has 0 spiro atoms. The van der Waals surface area contributed by atoms with Crippen molar-refractivity contribution in [2.24, 2.45) is 0 Å². The van der Waals surface area contributed by atoms with Gasteiger partial charge in [-0.1, -0.05) is 0 Å². The van der Waals surface area contributed by atoms with Crippen LogP contribution in [-0.2, 0) is 6.42 Å². The quantitative estimate of drug-likeness (QED) is 0.387. The van der Waals surface area contributed by atoms with Crippen LogP contribution in [0, 0.1) is 10.1 Å². The fourth-order valence-electron chi connectivity index (χ4n) is 1.37. The molecule has 0 aliphatic heterocycles. The number of carboxylic acids is 1. The topological polar surface area (TPSA) is 127 Å². The molecule has 1 rings (SSSR count). The summed E-state index contributed by atoms with van der Waals surface area (Å²) in [5.41, 5.74) is 5.09. The Labute approximate surface area is 90.3 Å². The average Bonchev–Trinajstić information content (AvgIpc) is 2.20. The molecule has 16 heavy (non-hydrogen) atoms. The third kappa shape index (κ3) is 2.26. The highest BCUT2D eigenvalue weighted by Crippen LogP contribution is 2.25. The highest BCUT2D eigenvalue weighted by molar-refractivity contribution is 5.92. The summed E-state index contributed by atoms with van der Waals surface area (Å²) in [6.07, 6.45) is 0.0471. The lowest BCUT2D eigenvalue weighted by Crippen LogP contribution is -2.09. The van der Waals surface area contributed by atoms with Crippen molar-refractivity contribution in [1.82, 2.24) is 0 Å². The number of carboxylic acid groups (broad SMARTS) is 1. The van der Waals surface area contributed by atoms with Crippen molar-refractivity contribution < 1.29 is 19.9 Å². The summed E-state index contributed by atoms with van der Waals surface area (Å²) in [6, 6.07) is 2.01. The van der Waals surface area contributed by atoms with Crippen LogP contribution in [0.4, 0.5) is 11.4 Å². The predicted molar refractivity (Wildman–Crippen MR) is 55.3 cm³/mol. The summed E-state index contributed by atoms with van der Waals surface area (Å²) in [6.45, 7) is -0.276. The monoisotopic (exact) mass is 226 g/mol. The summed E-state index contributed by atoms with van der Waals surface area (Å²) < 4.78 is 0. The number of rotatable bonds is 4. The standard InChI is InChI=1S/C9H10N2O5/c10-8-4-5(11(15)16)3-7(9(13)14)6(8)1-2-12/h3-4,12H,1-2,10H2,(H,13,14). The van der Waals surface area contributed by atoms with Crippen LogP contribution in [0.2, 0.25) is 0 Å². The van der Waals surface area contributed by atoms with Gasteiger partial charge in [0.2, 0.25) is 0 Å². The van der Waals surface area contributed by atoms with Gasteiger partial charge < -0.3 is 15.9 Å². The van der Waals surface area contributed by atoms with Crippen molar-refractivity contribution in [3.05, 3.63) is 33.4 Å². The molecule has 0 saturated heterocycles. The maximum absolute atomic E-state index is 10.9. The number of nitrogens with zero attached hydrogens (tertiary/aromatic N) is 1. The molecular weight excluding hydrogens is 216 g/mol. The van der Waals surface area contributed by atoms with E-state index >= 15 is 0 Å². The first-order chi connectivity index (χ1) is 7.47. The number of aromatic carboxylic acids is 1. The Kier molecular flexibility index (Phi) is 3.41. The van der Waals surface area contributed by atoms with Crippen LogP contribution in [0.3, 0.4) is 0 Å². The largest absolute Gasteiger partial charge is 0.478 e. The van der Waals surface area contributed by atoms with E-state index in [0.29, 0.717) is 0 Å². The summed E-state index contributed by atoms with van der Waals surface area (Å²) in [7, 11) is 0. The number of carbonyl (C=O) groups is 1. The first-order valence-electron chi connectivity index (χ1n) is 4.38. The zero-order chi connectivity index (χ0) is 12.3. The van der Waals surface area contributed by atoms with E-state index < -0.39 is 10.9 Å². The maximum Gasteiger partial charge on any atom is 0.336 e. The zero-order valence-electron chi connectivity index (χ0n) is 8.21. The van der Waals surface area contributed by atoms with Gasteiger partial charge >= 0.3 is 5.97 Å². The Bertz CT molecular complexity index is 444. The number of hydrogen-bond donors (Lipinski definition) is 3. The first-order valence-corrected chi connectivity index (χ1v) is 4.38. The molecule has 1 aromatic carbocycles. The molecule has 0 aliphatic carbocycles. The van der Waals surface area contributed by atoms with Crippen molar-refractivity contribution in [2.45, 2.75) is 6.42 Å². The highest BCUT2D eigenvalue weighted by atomic mass is 16.6. The number of aliphatic hydroxyl groups is 1. The Hall–Kier alpha value is -2.15. The zero-order valence-corrected chi connectivity index (χ0v) is 8.21. The van der Waals surface area contributed by atoms with Gasteiger partial charge in [-0.05, 0) is 12.0 Å². The van der Waals surface area contributed by atoms with E-state index in [2.05, 4.69) is 0 Å². The molecule has 0 amide bonds. The molecule has 1 aromatic rings. The lowest BCUT2D eigenvalue weighted by molar-refractivity contribution is -0.384. The van der Waals surface area contributed by atoms with Crippen molar-refractivity contribution in [3.63, 3.8) is 0 Å². The van der Waals surface area contributed by atoms with Crippen LogP contribution in [0.15, 0.2) is 12.1 Å². The van der Waals surface area contributed by atoms with Crippen LogP contribution in [0.25, 0.3) is 0 Å². The molecule has 0 saturated carbocycles. The van der Waals surface area contributed by atoms with E-state index in [-0.39, 0.29) is 35.5 Å². The number of hydrogen-bond acceptors (Lipinski definition) is 5. The number of nitrogen functional groups attached to an aromatic ring is 1. The number of anilines is 1. The number of nitro groups is 1. The minimum Gasteiger partial charge on any atom is -0.478 e. The van der Waals surface area contributed by atoms with Crippen LogP contribution in [-0.4, -0.2) is 27.7 Å². The van der Waals surface area contributed by atoms with E-state index in [1.807, 2.05) is 0 Å². The second kappa shape index (κ2) is 4.58. The molecule has 4 N–H and O–H groups in total. The number of non-ortho nitro benzene ring substituents is 1. The Balaban J connectivity index is 3.39. The van der Waals surface area contributed by atoms with Gasteiger partial charge in [0.1, 0.15) is 0 Å². The van der Waals surface area contributed by atoms with Gasteiger partial charge in [0.15, 0.2) is 0 Å². The molecule has 0 atom stereocenters. The van der Waals surface area contributed by atoms with Gasteiger partial charge in [-0.2, -0.15) is 0 Å². The van der Waals surface area contributed by atoms with E-state index in [1.54, 1.807) is 0 Å². The molecular formula is C9H10N2O5. The molecule has 0 aliphatic rings. The molecule has 0 bridgehead atoms. The Morgan fingerprint density at radius 1 is 1.50 bits per heavy atom. The van der Waals surface area contributed by atoms with Crippen molar-refractivity contribution in [1.29, 1.82) is 0 Å². The smallest absolute Gasteiger partial charge is 0.336 e. The molecule has 0 heterocycles. The minimum absolute atomic E-state index is 0.000602. The minimum atomic E-state index is -1.31. The van der Waals surface area contributed by atoms with Crippen LogP contribution >= 0.6 is 0 Å². The van der Waals surface area contributed by atoms with Gasteiger partial charge in [0, 0.05) is 24.4 Å². The summed E-state index contributed by atoms with van der Waals surface area (Å²) in [5, 5.41) is 28.1. The molecule has 0 fully saturated rings. The van der Waals surface area contributed by atoms with E-state index in [0.717, 1.165) is 12.1 Å². The third-order valence-electron chi connectivity index (χ3n) is 2.07. The van der Waals surface area contributed by atoms with Gasteiger partial charge in [-0.25, -0.2) is 4.79 Å². The number of benzene rings is 1. The summed E-state index contributed by atoms with van der Waals surface area (Å²) in [5.74, 6) is -1.31. The molecule has 0 radical (unpaired) electrons. The van der Waals surface area contributed by atoms with Gasteiger partial charge in [-0.3, -0.25) is 10.1 Å². The van der Waals surface area contributed by atoms with Crippen molar-refractivity contribution in [2.75, 3.05) is 12.3 Å². The van der Waals surface area contributed by atoms with E-state index in [4.69, 9.17) is 15.9 Å². The van der Waals surface area contributed by atoms with Gasteiger partial charge in [0.05, 0.1) is 10.5 Å². The number of aliphatic hydroxyl groups excluding tert-OH is 1. The second-order valence-electron chi connectivity index (χ2n) is 3.10. The fraction of sp³-hybridized carbons (Fsp3) is 0.222. The molecule has 0 unspecified atom stereocenters. The first kappa shape index (κ1) is 11.9. The second-order valence-corrected chi connectivity index (χ2v) is 3.10. The van der Waals surface area contributed by atoms with E-state index in [1.165, 1.54) is 0 Å². The molecule has 7 heteroatoms. The average molecular weight is 226 g/mol. The van der Waals surface area contributed by atoms with Crippen LogP contribution in [0.1, 0.15) is 15.9 Å². The van der Waals surface area contributed by atoms with Gasteiger partial charge in [0.25, 0.3) is 5.69 Å². The van der Waals surface area contributed by atoms with Gasteiger partial charge in [-0.15, -0.1) is 0 Å². The highest BCUT2D eigenvalue weighted by Gasteiger charge is 2.18. The summed E-state index contributed by atoms with van der Waals surface area (Å²) >= 11 is 0. The number of nitrogens with two attached hydrogens (primary N) is 1. The normalized spacial score (nSPS) is 10.1. The lowest BCUT2D eigenvalue weighted by atomic mass is 10.0. The molecule has 86 valence electrons. The number of nitro benzene ring substituents is 1. The van der Waals surface area contributed by atoms with Crippen molar-refractivity contribution in [3.8, 4) is 0 Å². The third-order valence-corrected chi connectivity index (χ3v) is 2.07. The Morgan fingerprint density at radius 2 is 2.12 bits per heavy atom. The summed E-state index contributed by atoms with van der Waals surface area (Å²) in [4.78, 5) is 20.7.